The maximum absolute atomic E-state index is 11.4. The Balaban J connectivity index is 2.00. The fourth-order valence-corrected chi connectivity index (χ4v) is 3.60. The first-order valence-electron chi connectivity index (χ1n) is 7.96. The van der Waals surface area contributed by atoms with E-state index in [-0.39, 0.29) is 42.9 Å². The van der Waals surface area contributed by atoms with E-state index >= 15 is 0 Å². The molecule has 0 saturated carbocycles. The van der Waals surface area contributed by atoms with Crippen molar-refractivity contribution >= 4 is 5.97 Å². The third-order valence-electron chi connectivity index (χ3n) is 5.16. The van der Waals surface area contributed by atoms with Gasteiger partial charge in [0, 0.05) is 12.5 Å². The van der Waals surface area contributed by atoms with Crippen LogP contribution in [0.3, 0.4) is 0 Å². The highest BCUT2D eigenvalue weighted by molar-refractivity contribution is 5.69. The topological polar surface area (TPSA) is 65.0 Å². The third-order valence-corrected chi connectivity index (χ3v) is 5.16. The third kappa shape index (κ3) is 3.58. The molecule has 0 amide bonds. The van der Waals surface area contributed by atoms with E-state index in [1.54, 1.807) is 0 Å². The lowest BCUT2D eigenvalue weighted by atomic mass is 9.75. The predicted molar refractivity (Wildman–Crippen MR) is 77.8 cm³/mol. The van der Waals surface area contributed by atoms with Gasteiger partial charge >= 0.3 is 5.97 Å². The van der Waals surface area contributed by atoms with Gasteiger partial charge in [-0.2, -0.15) is 0 Å². The zero-order valence-electron chi connectivity index (χ0n) is 13.5. The van der Waals surface area contributed by atoms with Crippen molar-refractivity contribution in [1.29, 1.82) is 0 Å². The minimum Gasteiger partial charge on any atom is -0.469 e. The molecule has 122 valence electrons. The average molecular weight is 300 g/mol. The Labute approximate surface area is 126 Å². The summed E-state index contributed by atoms with van der Waals surface area (Å²) < 4.78 is 17.0. The van der Waals surface area contributed by atoms with E-state index in [1.165, 1.54) is 7.11 Å². The fraction of sp³-hybridized carbons (Fsp3) is 0.938. The highest BCUT2D eigenvalue weighted by atomic mass is 16.6. The normalized spacial score (nSPS) is 41.2. The second-order valence-corrected chi connectivity index (χ2v) is 6.60. The number of aliphatic hydroxyl groups is 1. The largest absolute Gasteiger partial charge is 0.469 e. The number of carbonyl (C=O) groups is 1. The van der Waals surface area contributed by atoms with Gasteiger partial charge in [0.25, 0.3) is 0 Å². The van der Waals surface area contributed by atoms with Crippen LogP contribution in [0.4, 0.5) is 0 Å². The summed E-state index contributed by atoms with van der Waals surface area (Å²) in [5.74, 6) is 0.590. The number of fused-ring (bicyclic) bond motifs is 1. The summed E-state index contributed by atoms with van der Waals surface area (Å²) in [7, 11) is 1.41. The predicted octanol–water partition coefficient (Wildman–Crippen LogP) is 1.77. The highest BCUT2D eigenvalue weighted by Gasteiger charge is 2.46. The van der Waals surface area contributed by atoms with Crippen LogP contribution >= 0.6 is 0 Å². The van der Waals surface area contributed by atoms with Gasteiger partial charge in [-0.25, -0.2) is 0 Å². The molecule has 0 aromatic heterocycles. The molecule has 0 aromatic carbocycles. The van der Waals surface area contributed by atoms with Crippen LogP contribution in [0.25, 0.3) is 0 Å². The van der Waals surface area contributed by atoms with Crippen molar-refractivity contribution in [2.24, 2.45) is 17.8 Å². The van der Waals surface area contributed by atoms with Crippen LogP contribution in [-0.4, -0.2) is 49.2 Å². The minimum absolute atomic E-state index is 0.0329. The van der Waals surface area contributed by atoms with Gasteiger partial charge in [-0.3, -0.25) is 4.79 Å². The molecule has 1 N–H and O–H groups in total. The molecular weight excluding hydrogens is 272 g/mol. The lowest BCUT2D eigenvalue weighted by molar-refractivity contribution is -0.237. The maximum Gasteiger partial charge on any atom is 0.308 e. The van der Waals surface area contributed by atoms with Crippen LogP contribution in [-0.2, 0) is 19.0 Å². The molecule has 5 nitrogen and oxygen atoms in total. The molecule has 2 fully saturated rings. The van der Waals surface area contributed by atoms with E-state index in [9.17, 15) is 9.90 Å². The smallest absolute Gasteiger partial charge is 0.308 e. The van der Waals surface area contributed by atoms with Crippen LogP contribution in [0, 0.1) is 17.8 Å². The van der Waals surface area contributed by atoms with Gasteiger partial charge in [0.1, 0.15) is 0 Å². The van der Waals surface area contributed by atoms with Crippen LogP contribution in [0.1, 0.15) is 40.0 Å². The van der Waals surface area contributed by atoms with Gasteiger partial charge in [0.05, 0.1) is 37.9 Å². The maximum atomic E-state index is 11.4. The van der Waals surface area contributed by atoms with E-state index in [0.29, 0.717) is 18.3 Å². The molecule has 0 radical (unpaired) electrons. The number of rotatable bonds is 4. The Morgan fingerprint density at radius 1 is 1.29 bits per heavy atom. The summed E-state index contributed by atoms with van der Waals surface area (Å²) in [5, 5.41) is 9.39. The molecule has 5 heteroatoms. The van der Waals surface area contributed by atoms with E-state index in [0.717, 1.165) is 12.8 Å². The monoisotopic (exact) mass is 300 g/mol. The van der Waals surface area contributed by atoms with Crippen LogP contribution in [0.5, 0.6) is 0 Å². The van der Waals surface area contributed by atoms with E-state index < -0.39 is 0 Å². The Bertz CT molecular complexity index is 357. The van der Waals surface area contributed by atoms with Crippen molar-refractivity contribution in [1.82, 2.24) is 0 Å². The van der Waals surface area contributed by atoms with Crippen molar-refractivity contribution in [2.45, 2.75) is 64.4 Å². The number of carbonyl (C=O) groups excluding carboxylic acids is 1. The SMILES string of the molecule is COC(=O)C[C@H]1CC[C@@H]2O[C@@H]([C@@H](C)CO)[C@@H](C)[C@@H](C)[C@H]2O1. The van der Waals surface area contributed by atoms with Gasteiger partial charge in [-0.15, -0.1) is 0 Å². The van der Waals surface area contributed by atoms with Gasteiger partial charge in [-0.05, 0) is 24.7 Å². The summed E-state index contributed by atoms with van der Waals surface area (Å²) in [5.41, 5.74) is 0. The Hall–Kier alpha value is -0.650. The molecule has 0 aromatic rings. The van der Waals surface area contributed by atoms with Gasteiger partial charge in [-0.1, -0.05) is 20.8 Å². The highest BCUT2D eigenvalue weighted by Crippen LogP contribution is 2.40. The first-order valence-corrected chi connectivity index (χ1v) is 7.96. The lowest BCUT2D eigenvalue weighted by Gasteiger charge is -2.49. The van der Waals surface area contributed by atoms with Gasteiger partial charge in [0.2, 0.25) is 0 Å². The molecule has 0 spiro atoms. The lowest BCUT2D eigenvalue weighted by Crippen LogP contribution is -2.55. The van der Waals surface area contributed by atoms with Crippen molar-refractivity contribution in [3.8, 4) is 0 Å². The molecule has 2 saturated heterocycles. The molecule has 21 heavy (non-hydrogen) atoms. The molecule has 2 aliphatic rings. The number of methoxy groups -OCH3 is 1. The van der Waals surface area contributed by atoms with Gasteiger partial charge in [0.15, 0.2) is 0 Å². The molecule has 0 aliphatic carbocycles. The van der Waals surface area contributed by atoms with E-state index in [2.05, 4.69) is 13.8 Å². The molecule has 0 bridgehead atoms. The quantitative estimate of drug-likeness (QED) is 0.802. The molecule has 2 heterocycles. The van der Waals surface area contributed by atoms with Crippen molar-refractivity contribution in [2.75, 3.05) is 13.7 Å². The van der Waals surface area contributed by atoms with Crippen LogP contribution < -0.4 is 0 Å². The zero-order chi connectivity index (χ0) is 15.6. The number of hydrogen-bond donors (Lipinski definition) is 1. The second-order valence-electron chi connectivity index (χ2n) is 6.60. The average Bonchev–Trinajstić information content (AvgIpc) is 2.50. The summed E-state index contributed by atoms with van der Waals surface area (Å²) in [6.45, 7) is 6.51. The Kier molecular flexibility index (Phi) is 5.63. The number of esters is 1. The molecular formula is C16H28O5. The van der Waals surface area contributed by atoms with Crippen molar-refractivity contribution in [3.05, 3.63) is 0 Å². The van der Waals surface area contributed by atoms with Crippen LogP contribution in [0.2, 0.25) is 0 Å². The first kappa shape index (κ1) is 16.7. The Morgan fingerprint density at radius 2 is 2.00 bits per heavy atom. The zero-order valence-corrected chi connectivity index (χ0v) is 13.5. The Morgan fingerprint density at radius 3 is 2.62 bits per heavy atom. The second kappa shape index (κ2) is 7.07. The van der Waals surface area contributed by atoms with E-state index in [4.69, 9.17) is 14.2 Å². The van der Waals surface area contributed by atoms with Crippen LogP contribution in [0.15, 0.2) is 0 Å². The molecule has 2 rings (SSSR count). The standard InChI is InChI=1S/C16H28O5/c1-9(8-17)15-10(2)11(3)16-13(21-15)6-5-12(20-16)7-14(18)19-4/h9-13,15-17H,5-8H2,1-4H3/t9-,10-,11+,12+,13-,15-,16+/m0/s1. The molecule has 7 atom stereocenters. The van der Waals surface area contributed by atoms with Gasteiger partial charge < -0.3 is 19.3 Å². The minimum atomic E-state index is -0.220. The van der Waals surface area contributed by atoms with E-state index in [1.807, 2.05) is 6.92 Å². The summed E-state index contributed by atoms with van der Waals surface area (Å²) in [4.78, 5) is 11.4. The molecule has 0 unspecified atom stereocenters. The van der Waals surface area contributed by atoms with Crippen molar-refractivity contribution in [3.63, 3.8) is 0 Å². The first-order chi connectivity index (χ1) is 9.97. The van der Waals surface area contributed by atoms with Crippen molar-refractivity contribution < 1.29 is 24.1 Å². The fourth-order valence-electron chi connectivity index (χ4n) is 3.60. The summed E-state index contributed by atoms with van der Waals surface area (Å²) in [6.07, 6.45) is 2.15. The molecule has 2 aliphatic heterocycles. The summed E-state index contributed by atoms with van der Waals surface area (Å²) in [6, 6.07) is 0. The number of ether oxygens (including phenoxy) is 3. The number of aliphatic hydroxyl groups excluding tert-OH is 1. The number of hydrogen-bond acceptors (Lipinski definition) is 5. The summed E-state index contributed by atoms with van der Waals surface area (Å²) >= 11 is 0.